The number of carbonyl (C=O) groups is 2. The van der Waals surface area contributed by atoms with Crippen molar-refractivity contribution in [3.05, 3.63) is 40.4 Å². The number of halogens is 1. The van der Waals surface area contributed by atoms with Gasteiger partial charge in [0.15, 0.2) is 0 Å². The number of amides is 1. The lowest BCUT2D eigenvalue weighted by molar-refractivity contribution is -0.148. The second kappa shape index (κ2) is 6.68. The summed E-state index contributed by atoms with van der Waals surface area (Å²) in [6, 6.07) is 6.71. The van der Waals surface area contributed by atoms with Crippen LogP contribution in [0.3, 0.4) is 0 Å². The molecule has 1 fully saturated rings. The number of likely N-dealkylation sites (tertiary alicyclic amines) is 1. The first-order valence-electron chi connectivity index (χ1n) is 7.28. The number of thiazole rings is 1. The lowest BCUT2D eigenvalue weighted by atomic mass is 10.2. The highest BCUT2D eigenvalue weighted by atomic mass is 35.5. The Bertz CT molecular complexity index is 746. The summed E-state index contributed by atoms with van der Waals surface area (Å²) in [5.74, 6) is -1.13. The predicted octanol–water partition coefficient (Wildman–Crippen LogP) is 3.08. The van der Waals surface area contributed by atoms with Crippen molar-refractivity contribution in [2.45, 2.75) is 25.3 Å². The molecule has 1 unspecified atom stereocenters. The Hall–Kier alpha value is -1.92. The molecule has 1 atom stereocenters. The number of hydrogen-bond donors (Lipinski definition) is 1. The van der Waals surface area contributed by atoms with E-state index in [0.29, 0.717) is 23.7 Å². The van der Waals surface area contributed by atoms with E-state index in [1.807, 2.05) is 23.6 Å². The average Bonchev–Trinajstić information content (AvgIpc) is 3.16. The summed E-state index contributed by atoms with van der Waals surface area (Å²) in [6.45, 7) is 0.497. The Balaban J connectivity index is 1.73. The van der Waals surface area contributed by atoms with Crippen LogP contribution in [0.1, 0.15) is 18.5 Å². The molecule has 1 aromatic heterocycles. The fraction of sp³-hybridized carbons (Fsp3) is 0.312. The maximum atomic E-state index is 12.3. The number of nitrogens with zero attached hydrogens (tertiary/aromatic N) is 2. The van der Waals surface area contributed by atoms with Crippen LogP contribution in [0.15, 0.2) is 29.6 Å². The van der Waals surface area contributed by atoms with Gasteiger partial charge in [-0.25, -0.2) is 9.78 Å². The summed E-state index contributed by atoms with van der Waals surface area (Å²) in [4.78, 5) is 29.4. The second-order valence-corrected chi connectivity index (χ2v) is 6.65. The molecule has 1 aromatic carbocycles. The monoisotopic (exact) mass is 350 g/mol. The summed E-state index contributed by atoms with van der Waals surface area (Å²) in [5.41, 5.74) is 1.48. The molecule has 0 saturated carbocycles. The minimum absolute atomic E-state index is 0.116. The van der Waals surface area contributed by atoms with Gasteiger partial charge in [-0.05, 0) is 18.9 Å². The van der Waals surface area contributed by atoms with Gasteiger partial charge in [-0.1, -0.05) is 29.8 Å². The molecule has 2 heterocycles. The number of carboxylic acids is 1. The lowest BCUT2D eigenvalue weighted by Gasteiger charge is -2.20. The normalized spacial score (nSPS) is 17.4. The smallest absolute Gasteiger partial charge is 0.326 e. The first kappa shape index (κ1) is 16.0. The third-order valence-corrected chi connectivity index (χ3v) is 5.10. The van der Waals surface area contributed by atoms with Gasteiger partial charge in [0.05, 0.1) is 17.1 Å². The van der Waals surface area contributed by atoms with Crippen molar-refractivity contribution < 1.29 is 14.7 Å². The highest BCUT2D eigenvalue weighted by Gasteiger charge is 2.33. The van der Waals surface area contributed by atoms with Gasteiger partial charge < -0.3 is 10.0 Å². The van der Waals surface area contributed by atoms with Gasteiger partial charge >= 0.3 is 5.97 Å². The molecule has 0 spiro atoms. The van der Waals surface area contributed by atoms with Gasteiger partial charge in [0.1, 0.15) is 11.0 Å². The molecule has 23 heavy (non-hydrogen) atoms. The maximum Gasteiger partial charge on any atom is 0.326 e. The molecule has 2 aromatic rings. The van der Waals surface area contributed by atoms with Crippen LogP contribution in [0.25, 0.3) is 10.6 Å². The van der Waals surface area contributed by atoms with E-state index in [1.165, 1.54) is 16.2 Å². The van der Waals surface area contributed by atoms with Crippen LogP contribution in [0, 0.1) is 0 Å². The predicted molar refractivity (Wildman–Crippen MR) is 88.6 cm³/mol. The molecule has 120 valence electrons. The molecule has 1 saturated heterocycles. The van der Waals surface area contributed by atoms with Crippen molar-refractivity contribution in [3.63, 3.8) is 0 Å². The number of aromatic nitrogens is 1. The third-order valence-electron chi connectivity index (χ3n) is 3.85. The zero-order valence-electron chi connectivity index (χ0n) is 12.2. The SMILES string of the molecule is O=C(O)C1CCCN1C(=O)Cc1csc(-c2ccccc2Cl)n1. The zero-order chi connectivity index (χ0) is 16.4. The third kappa shape index (κ3) is 3.38. The molecule has 5 nitrogen and oxygen atoms in total. The van der Waals surface area contributed by atoms with Gasteiger partial charge in [0.2, 0.25) is 5.91 Å². The van der Waals surface area contributed by atoms with Crippen molar-refractivity contribution >= 4 is 34.8 Å². The first-order chi connectivity index (χ1) is 11.1. The summed E-state index contributed by atoms with van der Waals surface area (Å²) >= 11 is 7.58. The summed E-state index contributed by atoms with van der Waals surface area (Å²) in [5, 5.41) is 12.4. The van der Waals surface area contributed by atoms with E-state index >= 15 is 0 Å². The Morgan fingerprint density at radius 1 is 1.39 bits per heavy atom. The van der Waals surface area contributed by atoms with Crippen molar-refractivity contribution in [2.75, 3.05) is 6.54 Å². The van der Waals surface area contributed by atoms with Crippen LogP contribution < -0.4 is 0 Å². The number of rotatable bonds is 4. The van der Waals surface area contributed by atoms with Crippen molar-refractivity contribution in [3.8, 4) is 10.6 Å². The average molecular weight is 351 g/mol. The zero-order valence-corrected chi connectivity index (χ0v) is 13.8. The fourth-order valence-corrected chi connectivity index (χ4v) is 3.86. The van der Waals surface area contributed by atoms with E-state index in [9.17, 15) is 9.59 Å². The van der Waals surface area contributed by atoms with Gasteiger partial charge in [0.25, 0.3) is 0 Å². The molecule has 0 aliphatic carbocycles. The van der Waals surface area contributed by atoms with E-state index in [-0.39, 0.29) is 12.3 Å². The minimum atomic E-state index is -0.939. The largest absolute Gasteiger partial charge is 0.480 e. The van der Waals surface area contributed by atoms with E-state index in [1.54, 1.807) is 6.07 Å². The molecule has 1 aliphatic rings. The second-order valence-electron chi connectivity index (χ2n) is 5.38. The quantitative estimate of drug-likeness (QED) is 0.919. The van der Waals surface area contributed by atoms with E-state index < -0.39 is 12.0 Å². The number of carbonyl (C=O) groups excluding carboxylic acids is 1. The maximum absolute atomic E-state index is 12.3. The van der Waals surface area contributed by atoms with Gasteiger partial charge in [-0.15, -0.1) is 11.3 Å². The molecule has 0 radical (unpaired) electrons. The van der Waals surface area contributed by atoms with Crippen molar-refractivity contribution in [1.29, 1.82) is 0 Å². The lowest BCUT2D eigenvalue weighted by Crippen LogP contribution is -2.41. The van der Waals surface area contributed by atoms with Crippen LogP contribution in [-0.2, 0) is 16.0 Å². The Kier molecular flexibility index (Phi) is 4.63. The number of benzene rings is 1. The molecular weight excluding hydrogens is 336 g/mol. The van der Waals surface area contributed by atoms with Crippen LogP contribution in [0.2, 0.25) is 5.02 Å². The summed E-state index contributed by atoms with van der Waals surface area (Å²) < 4.78 is 0. The molecule has 3 rings (SSSR count). The Labute approximate surface area is 142 Å². The highest BCUT2D eigenvalue weighted by Crippen LogP contribution is 2.30. The minimum Gasteiger partial charge on any atom is -0.480 e. The molecular formula is C16H15ClN2O3S. The van der Waals surface area contributed by atoms with Crippen LogP contribution in [-0.4, -0.2) is 39.5 Å². The Morgan fingerprint density at radius 2 is 2.17 bits per heavy atom. The molecule has 1 aliphatic heterocycles. The molecule has 0 bridgehead atoms. The van der Waals surface area contributed by atoms with Crippen molar-refractivity contribution in [1.82, 2.24) is 9.88 Å². The van der Waals surface area contributed by atoms with E-state index in [4.69, 9.17) is 16.7 Å². The summed E-state index contributed by atoms with van der Waals surface area (Å²) in [6.07, 6.45) is 1.36. The number of carboxylic acid groups (broad SMARTS) is 1. The number of aliphatic carboxylic acids is 1. The van der Waals surface area contributed by atoms with Gasteiger partial charge in [-0.2, -0.15) is 0 Å². The highest BCUT2D eigenvalue weighted by molar-refractivity contribution is 7.13. The number of hydrogen-bond acceptors (Lipinski definition) is 4. The van der Waals surface area contributed by atoms with E-state index in [0.717, 1.165) is 17.0 Å². The Morgan fingerprint density at radius 3 is 2.91 bits per heavy atom. The molecule has 1 amide bonds. The van der Waals surface area contributed by atoms with Gasteiger partial charge in [-0.3, -0.25) is 4.79 Å². The van der Waals surface area contributed by atoms with Crippen LogP contribution in [0.5, 0.6) is 0 Å². The molecule has 7 heteroatoms. The van der Waals surface area contributed by atoms with E-state index in [2.05, 4.69) is 4.98 Å². The fourth-order valence-electron chi connectivity index (χ4n) is 2.72. The first-order valence-corrected chi connectivity index (χ1v) is 8.53. The van der Waals surface area contributed by atoms with Crippen LogP contribution in [0.4, 0.5) is 0 Å². The topological polar surface area (TPSA) is 70.5 Å². The van der Waals surface area contributed by atoms with Gasteiger partial charge in [0, 0.05) is 17.5 Å². The van der Waals surface area contributed by atoms with Crippen molar-refractivity contribution in [2.24, 2.45) is 0 Å². The van der Waals surface area contributed by atoms with Crippen LogP contribution >= 0.6 is 22.9 Å². The summed E-state index contributed by atoms with van der Waals surface area (Å²) in [7, 11) is 0. The molecule has 1 N–H and O–H groups in total. The standard InChI is InChI=1S/C16H15ClN2O3S/c17-12-5-2-1-4-11(12)15-18-10(9-23-15)8-14(20)19-7-3-6-13(19)16(21)22/h1-2,4-5,9,13H,3,6-8H2,(H,21,22).